The van der Waals surface area contributed by atoms with E-state index < -0.39 is 10.0 Å². The molecule has 0 atom stereocenters. The number of sulfonamides is 1. The van der Waals surface area contributed by atoms with Gasteiger partial charge in [-0.3, -0.25) is 4.79 Å². The summed E-state index contributed by atoms with van der Waals surface area (Å²) in [5, 5.41) is 2.83. The number of morpholine rings is 1. The quantitative estimate of drug-likeness (QED) is 0.729. The lowest BCUT2D eigenvalue weighted by molar-refractivity contribution is -0.115. The number of benzene rings is 2. The normalized spacial score (nSPS) is 15.0. The highest BCUT2D eigenvalue weighted by atomic mass is 32.2. The Morgan fingerprint density at radius 3 is 2.53 bits per heavy atom. The van der Waals surface area contributed by atoms with Gasteiger partial charge in [-0.2, -0.15) is 4.31 Å². The number of carbonyl (C=O) groups is 1. The zero-order chi connectivity index (χ0) is 21.7. The van der Waals surface area contributed by atoms with E-state index in [1.165, 1.54) is 15.9 Å². The fourth-order valence-electron chi connectivity index (χ4n) is 3.57. The first-order valence-electron chi connectivity index (χ1n) is 10.1. The minimum absolute atomic E-state index is 0.170. The molecule has 2 aromatic rings. The largest absolute Gasteiger partial charge is 0.379 e. The topological polar surface area (TPSA) is 79.0 Å². The van der Waals surface area contributed by atoms with Crippen LogP contribution >= 0.6 is 0 Å². The number of carbonyl (C=O) groups excluding carboxylic acids is 1. The summed E-state index contributed by atoms with van der Waals surface area (Å²) in [6.45, 7) is 8.38. The fourth-order valence-corrected chi connectivity index (χ4v) is 5.03. The van der Waals surface area contributed by atoms with Crippen molar-refractivity contribution >= 4 is 27.3 Å². The van der Waals surface area contributed by atoms with Crippen molar-refractivity contribution in [3.63, 3.8) is 0 Å². The van der Waals surface area contributed by atoms with Gasteiger partial charge in [0.1, 0.15) is 0 Å². The number of rotatable bonds is 7. The molecule has 0 unspecified atom stereocenters. The number of anilines is 2. The lowest BCUT2D eigenvalue weighted by Crippen LogP contribution is -2.40. The van der Waals surface area contributed by atoms with Crippen LogP contribution in [-0.2, 0) is 19.6 Å². The average Bonchev–Trinajstić information content (AvgIpc) is 2.73. The Kier molecular flexibility index (Phi) is 7.12. The highest BCUT2D eigenvalue weighted by Crippen LogP contribution is 2.22. The highest BCUT2D eigenvalue weighted by Gasteiger charge is 2.26. The van der Waals surface area contributed by atoms with E-state index in [9.17, 15) is 13.2 Å². The van der Waals surface area contributed by atoms with Gasteiger partial charge in [-0.1, -0.05) is 23.8 Å². The second-order valence-electron chi connectivity index (χ2n) is 7.40. The molecule has 7 nitrogen and oxygen atoms in total. The molecule has 1 N–H and O–H groups in total. The van der Waals surface area contributed by atoms with Crippen molar-refractivity contribution in [3.8, 4) is 0 Å². The maximum absolute atomic E-state index is 12.8. The molecule has 8 heteroatoms. The number of hydrogen-bond acceptors (Lipinski definition) is 5. The standard InChI is InChI=1S/C22H29N3O4S/c1-4-24(21-9-8-17(2)14-18(21)3)16-22(26)23-19-6-5-7-20(15-19)30(27,28)25-10-12-29-13-11-25/h5-9,14-15H,4,10-13,16H2,1-3H3,(H,23,26). The number of aryl methyl sites for hydroxylation is 2. The Morgan fingerprint density at radius 2 is 1.87 bits per heavy atom. The first-order valence-corrected chi connectivity index (χ1v) is 11.6. The maximum Gasteiger partial charge on any atom is 0.243 e. The number of nitrogens with zero attached hydrogens (tertiary/aromatic N) is 2. The number of likely N-dealkylation sites (N-methyl/N-ethyl adjacent to an activating group) is 1. The predicted molar refractivity (Wildman–Crippen MR) is 118 cm³/mol. The van der Waals surface area contributed by atoms with Crippen molar-refractivity contribution in [1.29, 1.82) is 0 Å². The summed E-state index contributed by atoms with van der Waals surface area (Å²) in [6, 6.07) is 12.6. The van der Waals surface area contributed by atoms with E-state index in [0.717, 1.165) is 11.3 Å². The molecule has 1 saturated heterocycles. The summed E-state index contributed by atoms with van der Waals surface area (Å²) in [5.41, 5.74) is 3.77. The van der Waals surface area contributed by atoms with Crippen molar-refractivity contribution < 1.29 is 17.9 Å². The molecule has 0 radical (unpaired) electrons. The molecule has 162 valence electrons. The minimum atomic E-state index is -3.61. The van der Waals surface area contributed by atoms with Crippen molar-refractivity contribution in [1.82, 2.24) is 4.31 Å². The van der Waals surface area contributed by atoms with Crippen LogP contribution in [0.2, 0.25) is 0 Å². The molecule has 1 aliphatic rings. The molecule has 1 heterocycles. The predicted octanol–water partition coefficient (Wildman–Crippen LogP) is 2.79. The van der Waals surface area contributed by atoms with Crippen LogP contribution in [0.4, 0.5) is 11.4 Å². The van der Waals surface area contributed by atoms with Crippen LogP contribution in [0.1, 0.15) is 18.1 Å². The van der Waals surface area contributed by atoms with Gasteiger partial charge in [0, 0.05) is 31.0 Å². The Hall–Kier alpha value is -2.42. The van der Waals surface area contributed by atoms with Crippen LogP contribution in [0.15, 0.2) is 47.4 Å². The highest BCUT2D eigenvalue weighted by molar-refractivity contribution is 7.89. The third-order valence-electron chi connectivity index (χ3n) is 5.13. The fraction of sp³-hybridized carbons (Fsp3) is 0.409. The van der Waals surface area contributed by atoms with Crippen LogP contribution < -0.4 is 10.2 Å². The molecule has 1 amide bonds. The molecule has 0 aromatic heterocycles. The third-order valence-corrected chi connectivity index (χ3v) is 7.03. The molecular formula is C22H29N3O4S. The lowest BCUT2D eigenvalue weighted by atomic mass is 10.1. The number of nitrogens with one attached hydrogen (secondary N) is 1. The van der Waals surface area contributed by atoms with Gasteiger partial charge < -0.3 is 15.0 Å². The van der Waals surface area contributed by atoms with E-state index >= 15 is 0 Å². The summed E-state index contributed by atoms with van der Waals surface area (Å²) in [5.74, 6) is -0.197. The Balaban J connectivity index is 1.71. The average molecular weight is 432 g/mol. The zero-order valence-corrected chi connectivity index (χ0v) is 18.5. The van der Waals surface area contributed by atoms with E-state index in [2.05, 4.69) is 11.4 Å². The Bertz CT molecular complexity index is 1000. The third kappa shape index (κ3) is 5.19. The molecule has 2 aromatic carbocycles. The van der Waals surface area contributed by atoms with Crippen LogP contribution in [-0.4, -0.2) is 58.0 Å². The summed E-state index contributed by atoms with van der Waals surface area (Å²) in [7, 11) is -3.61. The summed E-state index contributed by atoms with van der Waals surface area (Å²) < 4.78 is 32.3. The molecule has 0 spiro atoms. The van der Waals surface area contributed by atoms with Crippen LogP contribution in [0, 0.1) is 13.8 Å². The van der Waals surface area contributed by atoms with E-state index in [4.69, 9.17) is 4.74 Å². The first kappa shape index (κ1) is 22.3. The smallest absolute Gasteiger partial charge is 0.243 e. The van der Waals surface area contributed by atoms with E-state index in [1.54, 1.807) is 18.2 Å². The van der Waals surface area contributed by atoms with Gasteiger partial charge >= 0.3 is 0 Å². The molecule has 0 saturated carbocycles. The molecule has 3 rings (SSSR count). The number of hydrogen-bond donors (Lipinski definition) is 1. The molecule has 30 heavy (non-hydrogen) atoms. The van der Waals surface area contributed by atoms with Crippen LogP contribution in [0.5, 0.6) is 0 Å². The van der Waals surface area contributed by atoms with Crippen molar-refractivity contribution in [2.75, 3.05) is 49.6 Å². The van der Waals surface area contributed by atoms with E-state index in [0.29, 0.717) is 38.5 Å². The van der Waals surface area contributed by atoms with Crippen LogP contribution in [0.3, 0.4) is 0 Å². The monoisotopic (exact) mass is 431 g/mol. The molecule has 0 bridgehead atoms. The Labute approximate surface area is 178 Å². The van der Waals surface area contributed by atoms with E-state index in [1.807, 2.05) is 37.8 Å². The molecule has 0 aliphatic carbocycles. The molecular weight excluding hydrogens is 402 g/mol. The second-order valence-corrected chi connectivity index (χ2v) is 9.33. The lowest BCUT2D eigenvalue weighted by Gasteiger charge is -2.26. The van der Waals surface area contributed by atoms with Crippen molar-refractivity contribution in [2.24, 2.45) is 0 Å². The maximum atomic E-state index is 12.8. The summed E-state index contributed by atoms with van der Waals surface area (Å²) in [4.78, 5) is 14.8. The number of ether oxygens (including phenoxy) is 1. The SMILES string of the molecule is CCN(CC(=O)Nc1cccc(S(=O)(=O)N2CCOCC2)c1)c1ccc(C)cc1C. The Morgan fingerprint density at radius 1 is 1.13 bits per heavy atom. The van der Waals surface area contributed by atoms with Gasteiger partial charge in [-0.25, -0.2) is 8.42 Å². The van der Waals surface area contributed by atoms with Gasteiger partial charge in [0.2, 0.25) is 15.9 Å². The van der Waals surface area contributed by atoms with Gasteiger partial charge in [0.25, 0.3) is 0 Å². The summed E-state index contributed by atoms with van der Waals surface area (Å²) >= 11 is 0. The first-order chi connectivity index (χ1) is 14.3. The minimum Gasteiger partial charge on any atom is -0.379 e. The number of amides is 1. The molecule has 1 aliphatic heterocycles. The molecule has 1 fully saturated rings. The van der Waals surface area contributed by atoms with Crippen molar-refractivity contribution in [3.05, 3.63) is 53.6 Å². The van der Waals surface area contributed by atoms with Gasteiger partial charge in [-0.15, -0.1) is 0 Å². The van der Waals surface area contributed by atoms with Crippen molar-refractivity contribution in [2.45, 2.75) is 25.7 Å². The van der Waals surface area contributed by atoms with Crippen LogP contribution in [0.25, 0.3) is 0 Å². The van der Waals surface area contributed by atoms with Gasteiger partial charge in [0.15, 0.2) is 0 Å². The van der Waals surface area contributed by atoms with Gasteiger partial charge in [0.05, 0.1) is 24.7 Å². The van der Waals surface area contributed by atoms with E-state index in [-0.39, 0.29) is 17.3 Å². The zero-order valence-electron chi connectivity index (χ0n) is 17.7. The summed E-state index contributed by atoms with van der Waals surface area (Å²) in [6.07, 6.45) is 0. The second kappa shape index (κ2) is 9.59. The van der Waals surface area contributed by atoms with Gasteiger partial charge in [-0.05, 0) is 50.6 Å².